The molecule has 5 rings (SSSR count). The van der Waals surface area contributed by atoms with E-state index in [9.17, 15) is 87.9 Å². The number of nitrogens with two attached hydrogens (primary N) is 3. The number of carboxylic acids is 4. The van der Waals surface area contributed by atoms with Gasteiger partial charge in [0.2, 0.25) is 53.2 Å². The van der Waals surface area contributed by atoms with Crippen LogP contribution in [0.15, 0.2) is 59.6 Å². The molecule has 89 heavy (non-hydrogen) atoms. The van der Waals surface area contributed by atoms with Crippen molar-refractivity contribution in [3.8, 4) is 5.75 Å². The molecule has 0 radical (unpaired) electrons. The second-order valence-corrected chi connectivity index (χ2v) is 22.6. The SMILES string of the molecule is CC(C)C[C@H](NC(=O)[C@H](CC(=O)O)NC(=O)[C@H](Cc1ccccc1)NC(=O)[C@H](CC(=O)O)NC(=O)[C@@H]1CCCN1C(=O)[C@@H](N)CCCN=C(N)N)C(=O)N[C@@H](CCC(=O)O)C(=O)N1CCC[C@H]1C(=O)N1CCC[C@H]1C(=O)N[C@@H](Cc1ccc(O)cc1)C(=O)O. The van der Waals surface area contributed by atoms with E-state index in [4.69, 9.17) is 17.2 Å². The van der Waals surface area contributed by atoms with Crippen molar-refractivity contribution in [1.29, 1.82) is 0 Å². The summed E-state index contributed by atoms with van der Waals surface area (Å²) in [6, 6.07) is -0.980. The van der Waals surface area contributed by atoms with Crippen molar-refractivity contribution in [2.45, 2.75) is 171 Å². The lowest BCUT2D eigenvalue weighted by Crippen LogP contribution is -2.61. The van der Waals surface area contributed by atoms with Crippen LogP contribution in [0.2, 0.25) is 0 Å². The third kappa shape index (κ3) is 21.4. The molecule has 486 valence electrons. The molecule has 17 N–H and O–H groups in total. The number of benzene rings is 2. The van der Waals surface area contributed by atoms with Crippen molar-refractivity contribution >= 4 is 83.0 Å². The molecule has 0 saturated carbocycles. The molecular formula is C58H81N13O18. The number of aliphatic imine (C=N–C) groups is 1. The number of hydrogen-bond acceptors (Lipinski definition) is 16. The number of carboxylic acid groups (broad SMARTS) is 4. The number of rotatable bonds is 33. The molecule has 3 saturated heterocycles. The molecule has 3 heterocycles. The first-order valence-electron chi connectivity index (χ1n) is 29.4. The highest BCUT2D eigenvalue weighted by molar-refractivity contribution is 6.00. The number of hydrogen-bond donors (Lipinski definition) is 14. The topological polar surface area (TPSA) is 495 Å². The molecule has 31 nitrogen and oxygen atoms in total. The predicted octanol–water partition coefficient (Wildman–Crippen LogP) is -2.62. The highest BCUT2D eigenvalue weighted by atomic mass is 16.4. The number of carbonyl (C=O) groups is 13. The Morgan fingerprint density at radius 3 is 1.55 bits per heavy atom. The Balaban J connectivity index is 1.31. The standard InChI is InChI=1S/C58H81N13O18/c1-31(2)26-37(48(79)63-36(20-21-45(73)74)55(86)71-25-9-15-44(71)56(87)70-24-8-14-43(70)53(84)68-41(57(88)89)28-33-16-18-34(72)19-17-33)64-50(81)39(29-46(75)76)66-49(80)38(27-32-10-4-3-5-11-32)65-51(82)40(30-47(77)78)67-52(83)42-13-7-23-69(42)54(85)35(59)12-6-22-62-58(60)61/h3-5,10-11,16-19,31,35-44,72H,6-9,12-15,20-30,59H2,1-2H3,(H,63,79)(H,64,81)(H,65,82)(H,66,80)(H,67,83)(H,68,84)(H,73,74)(H,75,76)(H,77,78)(H,88,89)(H4,60,61,62)/t35-,36-,37-,38-,39-,40-,41-,42-,43-,44-/m0/s1. The number of aromatic hydroxyl groups is 1. The van der Waals surface area contributed by atoms with Crippen molar-refractivity contribution in [3.63, 3.8) is 0 Å². The third-order valence-corrected chi connectivity index (χ3v) is 15.3. The average Bonchev–Trinajstić information content (AvgIpc) is 2.06. The van der Waals surface area contributed by atoms with Crippen molar-refractivity contribution in [2.24, 2.45) is 28.1 Å². The van der Waals surface area contributed by atoms with E-state index in [-0.39, 0.29) is 89.3 Å². The van der Waals surface area contributed by atoms with Gasteiger partial charge in [-0.15, -0.1) is 0 Å². The van der Waals surface area contributed by atoms with Crippen LogP contribution in [0.4, 0.5) is 0 Å². The van der Waals surface area contributed by atoms with Crippen LogP contribution in [0.25, 0.3) is 0 Å². The van der Waals surface area contributed by atoms with E-state index in [1.165, 1.54) is 34.1 Å². The largest absolute Gasteiger partial charge is 0.508 e. The van der Waals surface area contributed by atoms with Crippen molar-refractivity contribution in [3.05, 3.63) is 65.7 Å². The lowest BCUT2D eigenvalue weighted by atomic mass is 10.0. The predicted molar refractivity (Wildman–Crippen MR) is 314 cm³/mol. The molecule has 0 unspecified atom stereocenters. The van der Waals surface area contributed by atoms with Gasteiger partial charge in [0.05, 0.1) is 18.9 Å². The fourth-order valence-electron chi connectivity index (χ4n) is 10.9. The molecule has 2 aromatic carbocycles. The quantitative estimate of drug-likeness (QED) is 0.0198. The highest BCUT2D eigenvalue weighted by Gasteiger charge is 2.45. The maximum absolute atomic E-state index is 14.5. The average molecular weight is 1250 g/mol. The Bertz CT molecular complexity index is 2930. The first kappa shape index (κ1) is 70.3. The number of nitrogens with zero attached hydrogens (tertiary/aromatic N) is 4. The number of nitrogens with one attached hydrogen (secondary N) is 6. The second-order valence-electron chi connectivity index (χ2n) is 22.6. The number of aliphatic carboxylic acids is 4. The van der Waals surface area contributed by atoms with Gasteiger partial charge in [-0.3, -0.25) is 62.5 Å². The van der Waals surface area contributed by atoms with E-state index < -0.39 is 169 Å². The maximum atomic E-state index is 14.5. The van der Waals surface area contributed by atoms with Crippen LogP contribution in [0, 0.1) is 5.92 Å². The summed E-state index contributed by atoms with van der Waals surface area (Å²) in [6.07, 6.45) is -2.04. The first-order chi connectivity index (χ1) is 42.1. The van der Waals surface area contributed by atoms with E-state index >= 15 is 0 Å². The smallest absolute Gasteiger partial charge is 0.326 e. The van der Waals surface area contributed by atoms with Crippen molar-refractivity contribution in [2.75, 3.05) is 26.2 Å². The summed E-state index contributed by atoms with van der Waals surface area (Å²) in [7, 11) is 0. The van der Waals surface area contributed by atoms with E-state index in [1.807, 2.05) is 0 Å². The van der Waals surface area contributed by atoms with Gasteiger partial charge in [0, 0.05) is 45.4 Å². The number of amides is 9. The van der Waals surface area contributed by atoms with Gasteiger partial charge in [0.25, 0.3) is 0 Å². The second kappa shape index (κ2) is 33.6. The normalized spacial score (nSPS) is 18.6. The van der Waals surface area contributed by atoms with Crippen molar-refractivity contribution < 1.29 is 87.9 Å². The lowest BCUT2D eigenvalue weighted by Gasteiger charge is -2.33. The van der Waals surface area contributed by atoms with Gasteiger partial charge in [0.1, 0.15) is 60.1 Å². The molecule has 3 aliphatic heterocycles. The van der Waals surface area contributed by atoms with Crippen molar-refractivity contribution in [1.82, 2.24) is 46.6 Å². The number of likely N-dealkylation sites (tertiary alicyclic amines) is 3. The van der Waals surface area contributed by atoms with Gasteiger partial charge in [-0.2, -0.15) is 0 Å². The summed E-state index contributed by atoms with van der Waals surface area (Å²) >= 11 is 0. The Morgan fingerprint density at radius 1 is 0.539 bits per heavy atom. The van der Waals surface area contributed by atoms with Crippen LogP contribution in [-0.2, 0) is 75.2 Å². The zero-order valence-corrected chi connectivity index (χ0v) is 49.5. The van der Waals surface area contributed by atoms with Crippen LogP contribution in [0.3, 0.4) is 0 Å². The van der Waals surface area contributed by atoms with E-state index in [1.54, 1.807) is 44.2 Å². The highest BCUT2D eigenvalue weighted by Crippen LogP contribution is 2.27. The molecule has 31 heteroatoms. The van der Waals surface area contributed by atoms with E-state index in [0.29, 0.717) is 30.4 Å². The summed E-state index contributed by atoms with van der Waals surface area (Å²) in [4.78, 5) is 183. The van der Waals surface area contributed by atoms with Crippen LogP contribution < -0.4 is 49.1 Å². The van der Waals surface area contributed by atoms with Gasteiger partial charge < -0.3 is 89.3 Å². The molecule has 10 atom stereocenters. The molecular weight excluding hydrogens is 1170 g/mol. The van der Waals surface area contributed by atoms with Gasteiger partial charge in [0.15, 0.2) is 5.96 Å². The molecule has 2 aromatic rings. The Labute approximate surface area is 512 Å². The third-order valence-electron chi connectivity index (χ3n) is 15.3. The molecule has 0 aliphatic carbocycles. The molecule has 0 aromatic heterocycles. The summed E-state index contributed by atoms with van der Waals surface area (Å²) in [5.74, 6) is -14.8. The summed E-state index contributed by atoms with van der Waals surface area (Å²) in [5, 5.41) is 63.8. The van der Waals surface area contributed by atoms with Crippen LogP contribution >= 0.6 is 0 Å². The molecule has 3 fully saturated rings. The van der Waals surface area contributed by atoms with E-state index in [2.05, 4.69) is 36.9 Å². The number of guanidine groups is 1. The summed E-state index contributed by atoms with van der Waals surface area (Å²) < 4.78 is 0. The van der Waals surface area contributed by atoms with Gasteiger partial charge >= 0.3 is 23.9 Å². The Hall–Kier alpha value is -9.42. The molecule has 3 aliphatic rings. The van der Waals surface area contributed by atoms with Gasteiger partial charge in [-0.25, -0.2) is 4.79 Å². The fourth-order valence-corrected chi connectivity index (χ4v) is 10.9. The first-order valence-corrected chi connectivity index (χ1v) is 29.4. The Morgan fingerprint density at radius 2 is 1.00 bits per heavy atom. The number of phenolic OH excluding ortho intramolecular Hbond substituents is 1. The Kier molecular flexibility index (Phi) is 26.6. The number of phenols is 1. The summed E-state index contributed by atoms with van der Waals surface area (Å²) in [6.45, 7) is 3.68. The molecule has 9 amide bonds. The van der Waals surface area contributed by atoms with Gasteiger partial charge in [-0.1, -0.05) is 56.3 Å². The van der Waals surface area contributed by atoms with Gasteiger partial charge in [-0.05, 0) is 93.4 Å². The van der Waals surface area contributed by atoms with Crippen LogP contribution in [0.5, 0.6) is 5.75 Å². The minimum atomic E-state index is -1.98. The monoisotopic (exact) mass is 1250 g/mol. The zero-order chi connectivity index (χ0) is 65.6. The fraction of sp³-hybridized carbons (Fsp3) is 0.552. The van der Waals surface area contributed by atoms with E-state index in [0.717, 1.165) is 4.90 Å². The van der Waals surface area contributed by atoms with Crippen LogP contribution in [0.1, 0.15) is 108 Å². The summed E-state index contributed by atoms with van der Waals surface area (Å²) in [5.41, 5.74) is 17.8. The molecule has 0 bridgehead atoms. The minimum absolute atomic E-state index is 0.0293. The van der Waals surface area contributed by atoms with Crippen LogP contribution in [-0.4, -0.2) is 210 Å². The molecule has 0 spiro atoms. The maximum Gasteiger partial charge on any atom is 0.326 e. The zero-order valence-electron chi connectivity index (χ0n) is 49.5. The number of carbonyl (C=O) groups excluding carboxylic acids is 9. The lowest BCUT2D eigenvalue weighted by molar-refractivity contribution is -0.149. The minimum Gasteiger partial charge on any atom is -0.508 e.